The molecule has 0 fully saturated rings. The highest BCUT2D eigenvalue weighted by molar-refractivity contribution is 5.01. The van der Waals surface area contributed by atoms with E-state index in [1.807, 2.05) is 0 Å². The third-order valence-electron chi connectivity index (χ3n) is 1.37. The van der Waals surface area contributed by atoms with Gasteiger partial charge in [0.1, 0.15) is 0 Å². The summed E-state index contributed by atoms with van der Waals surface area (Å²) < 4.78 is 24.2. The van der Waals surface area contributed by atoms with E-state index >= 15 is 0 Å². The molecule has 0 saturated carbocycles. The number of hydrazine groups is 1. The molecule has 0 aromatic carbocycles. The van der Waals surface area contributed by atoms with Crippen LogP contribution in [0.1, 0.15) is 20.8 Å². The minimum absolute atomic E-state index is 0.102. The monoisotopic (exact) mass is 190 g/mol. The van der Waals surface area contributed by atoms with E-state index in [4.69, 9.17) is 5.84 Å². The van der Waals surface area contributed by atoms with Crippen molar-refractivity contribution in [1.29, 1.82) is 0 Å². The van der Waals surface area contributed by atoms with Crippen molar-refractivity contribution in [3.8, 4) is 12.8 Å². The summed E-state index contributed by atoms with van der Waals surface area (Å²) in [6, 6.07) is -0.102. The minimum Gasteiger partial charge on any atom is -0.307 e. The maximum absolute atomic E-state index is 12.1. The van der Waals surface area contributed by atoms with Crippen LogP contribution in [0.25, 0.3) is 0 Å². The summed E-state index contributed by atoms with van der Waals surface area (Å²) in [5, 5.41) is 1.07. The molecule has 0 atom stereocenters. The van der Waals surface area contributed by atoms with E-state index in [1.165, 1.54) is 6.08 Å². The van der Waals surface area contributed by atoms with Crippen LogP contribution in [0.4, 0.5) is 8.78 Å². The van der Waals surface area contributed by atoms with Gasteiger partial charge in [0.15, 0.2) is 0 Å². The first-order valence-corrected chi connectivity index (χ1v) is 3.82. The van der Waals surface area contributed by atoms with Gasteiger partial charge in [0, 0.05) is 6.04 Å². The number of nitrogens with two attached hydrogens (primary N) is 1. The topological polar surface area (TPSA) is 29.3 Å². The SMILES string of the molecule is C#C.C/C=C(/C(F)F)N(N)C(C)C. The van der Waals surface area contributed by atoms with E-state index in [1.54, 1.807) is 20.8 Å². The van der Waals surface area contributed by atoms with E-state index in [2.05, 4.69) is 12.8 Å². The lowest BCUT2D eigenvalue weighted by Gasteiger charge is -2.25. The van der Waals surface area contributed by atoms with Crippen LogP contribution in [0.5, 0.6) is 0 Å². The molecule has 0 aliphatic carbocycles. The Balaban J connectivity index is 0. The number of nitrogens with zero attached hydrogens (tertiary/aromatic N) is 1. The molecule has 2 nitrogen and oxygen atoms in total. The number of allylic oxidation sites excluding steroid dienone is 2. The largest absolute Gasteiger partial charge is 0.307 e. The van der Waals surface area contributed by atoms with E-state index in [0.717, 1.165) is 5.01 Å². The molecule has 0 saturated heterocycles. The Kier molecular flexibility index (Phi) is 8.40. The van der Waals surface area contributed by atoms with Crippen molar-refractivity contribution in [3.63, 3.8) is 0 Å². The van der Waals surface area contributed by atoms with Gasteiger partial charge in [-0.2, -0.15) is 0 Å². The Labute approximate surface area is 78.4 Å². The summed E-state index contributed by atoms with van der Waals surface area (Å²) in [6.07, 6.45) is 6.83. The lowest BCUT2D eigenvalue weighted by Crippen LogP contribution is -2.38. The summed E-state index contributed by atoms with van der Waals surface area (Å²) in [7, 11) is 0. The van der Waals surface area contributed by atoms with Gasteiger partial charge in [-0.25, -0.2) is 14.6 Å². The third kappa shape index (κ3) is 5.21. The summed E-state index contributed by atoms with van der Waals surface area (Å²) in [6.45, 7) is 5.06. The van der Waals surface area contributed by atoms with Gasteiger partial charge in [-0.05, 0) is 20.8 Å². The van der Waals surface area contributed by atoms with E-state index in [-0.39, 0.29) is 11.7 Å². The molecule has 4 heteroatoms. The Morgan fingerprint density at radius 2 is 1.77 bits per heavy atom. The number of terminal acetylenes is 1. The highest BCUT2D eigenvalue weighted by Gasteiger charge is 2.16. The van der Waals surface area contributed by atoms with Crippen LogP contribution in [-0.2, 0) is 0 Å². The Hall–Kier alpha value is -1.08. The predicted octanol–water partition coefficient (Wildman–Crippen LogP) is 1.99. The molecular weight excluding hydrogens is 174 g/mol. The van der Waals surface area contributed by atoms with Gasteiger partial charge >= 0.3 is 0 Å². The van der Waals surface area contributed by atoms with Crippen molar-refractivity contribution in [2.75, 3.05) is 0 Å². The number of hydrogen-bond acceptors (Lipinski definition) is 2. The van der Waals surface area contributed by atoms with Crippen LogP contribution in [-0.4, -0.2) is 17.5 Å². The summed E-state index contributed by atoms with van der Waals surface area (Å²) in [5.74, 6) is 5.36. The summed E-state index contributed by atoms with van der Waals surface area (Å²) in [5.41, 5.74) is -0.125. The lowest BCUT2D eigenvalue weighted by molar-refractivity contribution is 0.126. The second-order valence-electron chi connectivity index (χ2n) is 2.52. The summed E-state index contributed by atoms with van der Waals surface area (Å²) >= 11 is 0. The zero-order chi connectivity index (χ0) is 11.0. The molecule has 0 aromatic heterocycles. The minimum atomic E-state index is -2.49. The molecule has 0 aliphatic heterocycles. The Bertz CT molecular complexity index is 174. The van der Waals surface area contributed by atoms with Crippen molar-refractivity contribution in [2.24, 2.45) is 5.84 Å². The van der Waals surface area contributed by atoms with Gasteiger partial charge in [0.25, 0.3) is 6.43 Å². The average molecular weight is 190 g/mol. The fourth-order valence-corrected chi connectivity index (χ4v) is 0.686. The van der Waals surface area contributed by atoms with Crippen molar-refractivity contribution in [1.82, 2.24) is 5.01 Å². The van der Waals surface area contributed by atoms with Crippen LogP contribution in [0, 0.1) is 12.8 Å². The van der Waals surface area contributed by atoms with Crippen LogP contribution in [0.15, 0.2) is 11.8 Å². The normalized spacial score (nSPS) is 11.1. The molecule has 0 unspecified atom stereocenters. The quantitative estimate of drug-likeness (QED) is 0.419. The van der Waals surface area contributed by atoms with E-state index in [9.17, 15) is 8.78 Å². The van der Waals surface area contributed by atoms with E-state index in [0.29, 0.717) is 0 Å². The molecule has 0 radical (unpaired) electrons. The molecule has 0 aromatic rings. The number of halogens is 2. The van der Waals surface area contributed by atoms with Gasteiger partial charge < -0.3 is 5.01 Å². The van der Waals surface area contributed by atoms with Crippen LogP contribution >= 0.6 is 0 Å². The zero-order valence-electron chi connectivity index (χ0n) is 8.17. The van der Waals surface area contributed by atoms with Crippen LogP contribution in [0.3, 0.4) is 0 Å². The molecule has 0 amide bonds. The first kappa shape index (κ1) is 14.4. The van der Waals surface area contributed by atoms with Crippen molar-refractivity contribution >= 4 is 0 Å². The Morgan fingerprint density at radius 3 is 1.85 bits per heavy atom. The lowest BCUT2D eigenvalue weighted by atomic mass is 10.3. The highest BCUT2D eigenvalue weighted by atomic mass is 19.3. The highest BCUT2D eigenvalue weighted by Crippen LogP contribution is 2.12. The fraction of sp³-hybridized carbons (Fsp3) is 0.556. The summed E-state index contributed by atoms with van der Waals surface area (Å²) in [4.78, 5) is 0. The van der Waals surface area contributed by atoms with Crippen molar-refractivity contribution in [3.05, 3.63) is 11.8 Å². The third-order valence-corrected chi connectivity index (χ3v) is 1.37. The fourth-order valence-electron chi connectivity index (χ4n) is 0.686. The Morgan fingerprint density at radius 1 is 1.38 bits per heavy atom. The number of hydrogen-bond donors (Lipinski definition) is 1. The molecule has 0 rings (SSSR count). The van der Waals surface area contributed by atoms with Gasteiger partial charge in [-0.1, -0.05) is 6.08 Å². The van der Waals surface area contributed by atoms with Crippen LogP contribution in [0.2, 0.25) is 0 Å². The molecular formula is C9H16F2N2. The second kappa shape index (κ2) is 7.56. The van der Waals surface area contributed by atoms with Crippen molar-refractivity contribution < 1.29 is 8.78 Å². The van der Waals surface area contributed by atoms with Gasteiger partial charge in [0.05, 0.1) is 5.70 Å². The standard InChI is InChI=1S/C7H14F2N2.C2H2/c1-4-6(7(8)9)11(10)5(2)3;1-2/h4-5,7H,10H2,1-3H3;1-2H/b6-4-;. The average Bonchev–Trinajstić information content (AvgIpc) is 2.08. The zero-order valence-corrected chi connectivity index (χ0v) is 8.17. The van der Waals surface area contributed by atoms with Crippen molar-refractivity contribution in [2.45, 2.75) is 33.2 Å². The van der Waals surface area contributed by atoms with Crippen LogP contribution < -0.4 is 5.84 Å². The maximum atomic E-state index is 12.1. The van der Waals surface area contributed by atoms with Gasteiger partial charge in [-0.15, -0.1) is 12.8 Å². The van der Waals surface area contributed by atoms with E-state index < -0.39 is 6.43 Å². The first-order chi connectivity index (χ1) is 6.00. The molecule has 0 heterocycles. The molecule has 76 valence electrons. The first-order valence-electron chi connectivity index (χ1n) is 3.82. The predicted molar refractivity (Wildman–Crippen MR) is 50.8 cm³/mol. The van der Waals surface area contributed by atoms with Gasteiger partial charge in [-0.3, -0.25) is 0 Å². The second-order valence-corrected chi connectivity index (χ2v) is 2.52. The molecule has 0 spiro atoms. The number of alkyl halides is 2. The number of rotatable bonds is 3. The van der Waals surface area contributed by atoms with Gasteiger partial charge in [0.2, 0.25) is 0 Å². The molecule has 0 aliphatic rings. The maximum Gasteiger partial charge on any atom is 0.279 e. The molecule has 13 heavy (non-hydrogen) atoms. The molecule has 0 bridgehead atoms. The smallest absolute Gasteiger partial charge is 0.279 e. The molecule has 2 N–H and O–H groups in total.